The molecule has 4 rings (SSSR count). The molecule has 0 spiro atoms. The van der Waals surface area contributed by atoms with Crippen LogP contribution in [0.1, 0.15) is 40.6 Å². The number of ether oxygens (including phenoxy) is 1. The van der Waals surface area contributed by atoms with Crippen molar-refractivity contribution in [2.24, 2.45) is 0 Å². The third-order valence-corrected chi connectivity index (χ3v) is 5.16. The number of carbonyl (C=O) groups is 2. The molecule has 2 atom stereocenters. The SMILES string of the molecule is Cc1nc(C(=O)Nc2ccccc2C(=O)N2C[C@@H](C)O[C@H](C)C2)nn1-c1ccc(F)cc1. The van der Waals surface area contributed by atoms with Crippen LogP contribution in [0.2, 0.25) is 0 Å². The van der Waals surface area contributed by atoms with Crippen molar-refractivity contribution in [2.75, 3.05) is 18.4 Å². The van der Waals surface area contributed by atoms with Crippen molar-refractivity contribution >= 4 is 17.5 Å². The zero-order valence-corrected chi connectivity index (χ0v) is 18.1. The van der Waals surface area contributed by atoms with Crippen LogP contribution in [0.15, 0.2) is 48.5 Å². The quantitative estimate of drug-likeness (QED) is 0.677. The van der Waals surface area contributed by atoms with Crippen molar-refractivity contribution in [2.45, 2.75) is 33.0 Å². The fourth-order valence-corrected chi connectivity index (χ4v) is 3.78. The summed E-state index contributed by atoms with van der Waals surface area (Å²) in [5.74, 6) is -0.665. The fourth-order valence-electron chi connectivity index (χ4n) is 3.78. The first-order chi connectivity index (χ1) is 15.3. The van der Waals surface area contributed by atoms with Gasteiger partial charge in [0.1, 0.15) is 11.6 Å². The van der Waals surface area contributed by atoms with E-state index in [-0.39, 0.29) is 29.8 Å². The molecule has 166 valence electrons. The van der Waals surface area contributed by atoms with Gasteiger partial charge in [0, 0.05) is 13.1 Å². The van der Waals surface area contributed by atoms with E-state index in [9.17, 15) is 14.0 Å². The van der Waals surface area contributed by atoms with Crippen molar-refractivity contribution in [3.05, 3.63) is 71.6 Å². The van der Waals surface area contributed by atoms with E-state index in [2.05, 4.69) is 15.4 Å². The topological polar surface area (TPSA) is 89.3 Å². The third-order valence-electron chi connectivity index (χ3n) is 5.16. The smallest absolute Gasteiger partial charge is 0.295 e. The highest BCUT2D eigenvalue weighted by atomic mass is 19.1. The number of aromatic nitrogens is 3. The molecule has 3 aromatic rings. The van der Waals surface area contributed by atoms with Gasteiger partial charge < -0.3 is 15.0 Å². The van der Waals surface area contributed by atoms with Gasteiger partial charge in [0.05, 0.1) is 29.1 Å². The van der Waals surface area contributed by atoms with Gasteiger partial charge in [-0.1, -0.05) is 12.1 Å². The highest BCUT2D eigenvalue weighted by Crippen LogP contribution is 2.21. The van der Waals surface area contributed by atoms with E-state index >= 15 is 0 Å². The lowest BCUT2D eigenvalue weighted by molar-refractivity contribution is -0.0585. The Bertz CT molecular complexity index is 1130. The Hall–Kier alpha value is -3.59. The molecular formula is C23H24FN5O3. The summed E-state index contributed by atoms with van der Waals surface area (Å²) in [5, 5.41) is 7.00. The molecule has 2 aromatic carbocycles. The minimum atomic E-state index is -0.544. The molecule has 1 fully saturated rings. The number of hydrogen-bond acceptors (Lipinski definition) is 5. The Morgan fingerprint density at radius 3 is 2.41 bits per heavy atom. The summed E-state index contributed by atoms with van der Waals surface area (Å²) in [5.41, 5.74) is 1.35. The second-order valence-electron chi connectivity index (χ2n) is 7.84. The van der Waals surface area contributed by atoms with Crippen molar-refractivity contribution < 1.29 is 18.7 Å². The molecule has 2 heterocycles. The maximum Gasteiger partial charge on any atom is 0.295 e. The second-order valence-corrected chi connectivity index (χ2v) is 7.84. The largest absolute Gasteiger partial charge is 0.372 e. The summed E-state index contributed by atoms with van der Waals surface area (Å²) in [6, 6.07) is 12.6. The van der Waals surface area contributed by atoms with Gasteiger partial charge in [0.2, 0.25) is 5.82 Å². The van der Waals surface area contributed by atoms with Crippen molar-refractivity contribution in [3.63, 3.8) is 0 Å². The number of rotatable bonds is 4. The monoisotopic (exact) mass is 437 g/mol. The molecule has 9 heteroatoms. The number of anilines is 1. The van der Waals surface area contributed by atoms with Crippen LogP contribution in [-0.2, 0) is 4.74 Å². The van der Waals surface area contributed by atoms with Gasteiger partial charge in [-0.15, -0.1) is 5.10 Å². The second kappa shape index (κ2) is 8.88. The van der Waals surface area contributed by atoms with Crippen LogP contribution in [0.5, 0.6) is 0 Å². The average Bonchev–Trinajstić information content (AvgIpc) is 3.15. The van der Waals surface area contributed by atoms with Gasteiger partial charge in [-0.25, -0.2) is 14.1 Å². The van der Waals surface area contributed by atoms with Gasteiger partial charge >= 0.3 is 0 Å². The number of nitrogens with one attached hydrogen (secondary N) is 1. The van der Waals surface area contributed by atoms with Gasteiger partial charge in [-0.2, -0.15) is 0 Å². The molecule has 0 unspecified atom stereocenters. The zero-order valence-electron chi connectivity index (χ0n) is 18.1. The first-order valence-corrected chi connectivity index (χ1v) is 10.4. The van der Waals surface area contributed by atoms with Gasteiger partial charge in [0.15, 0.2) is 0 Å². The van der Waals surface area contributed by atoms with Gasteiger partial charge in [-0.05, 0) is 57.2 Å². The molecule has 1 N–H and O–H groups in total. The Labute approximate surface area is 185 Å². The maximum absolute atomic E-state index is 13.2. The Kier molecular flexibility index (Phi) is 6.00. The standard InChI is InChI=1S/C23H24FN5O3/c1-14-12-28(13-15(2)32-14)23(31)19-6-4-5-7-20(19)26-22(30)21-25-16(3)29(27-21)18-10-8-17(24)9-11-18/h4-11,14-15H,12-13H2,1-3H3,(H,26,30)/t14-,15-/m1/s1. The highest BCUT2D eigenvalue weighted by molar-refractivity contribution is 6.07. The van der Waals surface area contributed by atoms with E-state index in [0.29, 0.717) is 35.9 Å². The number of nitrogens with zero attached hydrogens (tertiary/aromatic N) is 4. The summed E-state index contributed by atoms with van der Waals surface area (Å²) in [6.45, 7) is 6.51. The average molecular weight is 437 g/mol. The van der Waals surface area contributed by atoms with Crippen LogP contribution in [0.4, 0.5) is 10.1 Å². The number of aryl methyl sites for hydroxylation is 1. The number of halogens is 1. The lowest BCUT2D eigenvalue weighted by Gasteiger charge is -2.35. The molecule has 0 aliphatic carbocycles. The molecule has 1 saturated heterocycles. The van der Waals surface area contributed by atoms with Crippen LogP contribution in [0.25, 0.3) is 5.69 Å². The van der Waals surface area contributed by atoms with E-state index in [1.807, 2.05) is 13.8 Å². The Balaban J connectivity index is 1.55. The third kappa shape index (κ3) is 4.52. The predicted octanol–water partition coefficient (Wildman–Crippen LogP) is 3.22. The molecule has 1 aromatic heterocycles. The number of para-hydroxylation sites is 1. The highest BCUT2D eigenvalue weighted by Gasteiger charge is 2.28. The number of amides is 2. The minimum absolute atomic E-state index is 0.0531. The predicted molar refractivity (Wildman–Crippen MR) is 116 cm³/mol. The van der Waals surface area contributed by atoms with Crippen molar-refractivity contribution in [1.29, 1.82) is 0 Å². The summed E-state index contributed by atoms with van der Waals surface area (Å²) in [6.07, 6.45) is -0.126. The van der Waals surface area contributed by atoms with E-state index in [1.54, 1.807) is 48.2 Å². The molecule has 2 amide bonds. The van der Waals surface area contributed by atoms with Crippen molar-refractivity contribution in [1.82, 2.24) is 19.7 Å². The first-order valence-electron chi connectivity index (χ1n) is 10.4. The van der Waals surface area contributed by atoms with Crippen LogP contribution in [-0.4, -0.2) is 56.8 Å². The molecule has 8 nitrogen and oxygen atoms in total. The molecule has 0 saturated carbocycles. The summed E-state index contributed by atoms with van der Waals surface area (Å²) in [4.78, 5) is 32.0. The van der Waals surface area contributed by atoms with Crippen LogP contribution in [0.3, 0.4) is 0 Å². The molecule has 0 bridgehead atoms. The zero-order chi connectivity index (χ0) is 22.8. The van der Waals surface area contributed by atoms with Crippen LogP contribution in [0, 0.1) is 12.7 Å². The van der Waals surface area contributed by atoms with Crippen molar-refractivity contribution in [3.8, 4) is 5.69 Å². The lowest BCUT2D eigenvalue weighted by Crippen LogP contribution is -2.48. The molecule has 1 aliphatic heterocycles. The number of morpholine rings is 1. The summed E-state index contributed by atoms with van der Waals surface area (Å²) < 4.78 is 20.4. The summed E-state index contributed by atoms with van der Waals surface area (Å²) in [7, 11) is 0. The van der Waals surface area contributed by atoms with Crippen LogP contribution < -0.4 is 5.32 Å². The first kappa shape index (κ1) is 21.6. The molecule has 1 aliphatic rings. The van der Waals surface area contributed by atoms with E-state index in [1.165, 1.54) is 16.8 Å². The summed E-state index contributed by atoms with van der Waals surface area (Å²) >= 11 is 0. The minimum Gasteiger partial charge on any atom is -0.372 e. The Morgan fingerprint density at radius 2 is 1.72 bits per heavy atom. The number of hydrogen-bond donors (Lipinski definition) is 1. The normalized spacial score (nSPS) is 18.4. The van der Waals surface area contributed by atoms with Crippen LogP contribution >= 0.6 is 0 Å². The number of carbonyl (C=O) groups excluding carboxylic acids is 2. The Morgan fingerprint density at radius 1 is 1.06 bits per heavy atom. The molecule has 0 radical (unpaired) electrons. The number of benzene rings is 2. The van der Waals surface area contributed by atoms with Gasteiger partial charge in [0.25, 0.3) is 11.8 Å². The maximum atomic E-state index is 13.2. The fraction of sp³-hybridized carbons (Fsp3) is 0.304. The lowest BCUT2D eigenvalue weighted by atomic mass is 10.1. The van der Waals surface area contributed by atoms with E-state index in [4.69, 9.17) is 4.74 Å². The molecular weight excluding hydrogens is 413 g/mol. The van der Waals surface area contributed by atoms with E-state index < -0.39 is 5.91 Å². The molecule has 32 heavy (non-hydrogen) atoms. The van der Waals surface area contributed by atoms with Gasteiger partial charge in [-0.3, -0.25) is 9.59 Å². The van der Waals surface area contributed by atoms with E-state index in [0.717, 1.165) is 0 Å².